The lowest BCUT2D eigenvalue weighted by molar-refractivity contribution is 0.128. The number of nitrogens with zero attached hydrogens (tertiary/aromatic N) is 3. The van der Waals surface area contributed by atoms with Gasteiger partial charge in [0.25, 0.3) is 0 Å². The van der Waals surface area contributed by atoms with Crippen molar-refractivity contribution in [2.24, 2.45) is 18.0 Å². The first-order valence-electron chi connectivity index (χ1n) is 8.11. The minimum atomic E-state index is 0.696. The van der Waals surface area contributed by atoms with Crippen LogP contribution in [0, 0.1) is 5.92 Å². The quantitative estimate of drug-likeness (QED) is 0.391. The van der Waals surface area contributed by atoms with Crippen LogP contribution < -0.4 is 10.6 Å². The number of aromatic nitrogens is 2. The summed E-state index contributed by atoms with van der Waals surface area (Å²) in [5.74, 6) is 1.53. The molecule has 1 heterocycles. The Labute approximate surface area is 134 Å². The van der Waals surface area contributed by atoms with E-state index in [1.165, 1.54) is 5.56 Å². The van der Waals surface area contributed by atoms with Gasteiger partial charge in [0.15, 0.2) is 5.96 Å². The maximum Gasteiger partial charge on any atom is 0.191 e. The first-order chi connectivity index (χ1) is 10.6. The Balaban J connectivity index is 2.02. The zero-order valence-corrected chi connectivity index (χ0v) is 14.4. The first-order valence-corrected chi connectivity index (χ1v) is 8.11. The molecule has 0 spiro atoms. The zero-order chi connectivity index (χ0) is 16.2. The molecule has 0 atom stereocenters. The molecule has 1 rings (SSSR count). The van der Waals surface area contributed by atoms with Crippen molar-refractivity contribution in [2.75, 3.05) is 33.4 Å². The number of nitrogens with one attached hydrogen (secondary N) is 2. The first kappa shape index (κ1) is 18.5. The van der Waals surface area contributed by atoms with Gasteiger partial charge in [-0.15, -0.1) is 0 Å². The molecule has 0 unspecified atom stereocenters. The molecule has 0 amide bonds. The smallest absolute Gasteiger partial charge is 0.191 e. The van der Waals surface area contributed by atoms with Gasteiger partial charge in [0.2, 0.25) is 0 Å². The Morgan fingerprint density at radius 2 is 2.09 bits per heavy atom. The van der Waals surface area contributed by atoms with Gasteiger partial charge in [-0.25, -0.2) is 0 Å². The van der Waals surface area contributed by atoms with Crippen molar-refractivity contribution in [2.45, 2.75) is 33.1 Å². The van der Waals surface area contributed by atoms with Crippen molar-refractivity contribution in [1.29, 1.82) is 0 Å². The van der Waals surface area contributed by atoms with E-state index in [0.717, 1.165) is 44.9 Å². The van der Waals surface area contributed by atoms with Crippen molar-refractivity contribution in [3.8, 4) is 0 Å². The van der Waals surface area contributed by atoms with Crippen LogP contribution in [-0.4, -0.2) is 49.1 Å². The highest BCUT2D eigenvalue weighted by atomic mass is 16.5. The van der Waals surface area contributed by atoms with E-state index < -0.39 is 0 Å². The number of ether oxygens (including phenoxy) is 1. The second-order valence-electron chi connectivity index (χ2n) is 5.85. The van der Waals surface area contributed by atoms with Gasteiger partial charge in [-0.2, -0.15) is 5.10 Å². The molecule has 2 N–H and O–H groups in total. The summed E-state index contributed by atoms with van der Waals surface area (Å²) in [7, 11) is 3.73. The van der Waals surface area contributed by atoms with Crippen molar-refractivity contribution in [1.82, 2.24) is 20.4 Å². The summed E-state index contributed by atoms with van der Waals surface area (Å²) in [6.45, 7) is 7.63. The van der Waals surface area contributed by atoms with E-state index in [1.807, 2.05) is 17.9 Å². The number of aryl methyl sites for hydroxylation is 2. The molecule has 0 aromatic carbocycles. The lowest BCUT2D eigenvalue weighted by Gasteiger charge is -2.12. The molecule has 6 nitrogen and oxygen atoms in total. The number of guanidine groups is 1. The van der Waals surface area contributed by atoms with Crippen LogP contribution in [0.15, 0.2) is 17.4 Å². The Hall–Kier alpha value is -1.56. The van der Waals surface area contributed by atoms with E-state index in [0.29, 0.717) is 12.5 Å². The standard InChI is InChI=1S/C16H31N5O/c1-14(2)7-10-22-11-9-19-16(17-3)18-8-5-6-15-12-20-21(4)13-15/h12-14H,5-11H2,1-4H3,(H2,17,18,19). The van der Waals surface area contributed by atoms with Crippen LogP contribution >= 0.6 is 0 Å². The Kier molecular flexibility index (Phi) is 9.30. The fraction of sp³-hybridized carbons (Fsp3) is 0.750. The van der Waals surface area contributed by atoms with Gasteiger partial charge < -0.3 is 15.4 Å². The summed E-state index contributed by atoms with van der Waals surface area (Å²) >= 11 is 0. The fourth-order valence-corrected chi connectivity index (χ4v) is 1.98. The van der Waals surface area contributed by atoms with Crippen LogP contribution in [0.2, 0.25) is 0 Å². The van der Waals surface area contributed by atoms with E-state index >= 15 is 0 Å². The third kappa shape index (κ3) is 8.67. The van der Waals surface area contributed by atoms with Gasteiger partial charge in [-0.05, 0) is 30.7 Å². The zero-order valence-electron chi connectivity index (χ0n) is 14.4. The summed E-state index contributed by atoms with van der Waals surface area (Å²) in [6, 6.07) is 0. The van der Waals surface area contributed by atoms with Crippen LogP contribution in [0.3, 0.4) is 0 Å². The largest absolute Gasteiger partial charge is 0.380 e. The van der Waals surface area contributed by atoms with Crippen LogP contribution in [0.25, 0.3) is 0 Å². The lowest BCUT2D eigenvalue weighted by atomic mass is 10.1. The molecule has 22 heavy (non-hydrogen) atoms. The van der Waals surface area contributed by atoms with Crippen LogP contribution in [-0.2, 0) is 18.2 Å². The van der Waals surface area contributed by atoms with Crippen molar-refractivity contribution in [3.05, 3.63) is 18.0 Å². The Morgan fingerprint density at radius 1 is 1.32 bits per heavy atom. The minimum Gasteiger partial charge on any atom is -0.380 e. The van der Waals surface area contributed by atoms with Crippen LogP contribution in [0.1, 0.15) is 32.3 Å². The summed E-state index contributed by atoms with van der Waals surface area (Å²) in [6.07, 6.45) is 7.16. The topological polar surface area (TPSA) is 63.5 Å². The normalized spacial score (nSPS) is 12.0. The molecular formula is C16H31N5O. The maximum atomic E-state index is 5.57. The predicted octanol–water partition coefficient (Wildman–Crippen LogP) is 1.58. The molecule has 0 fully saturated rings. The Bertz CT molecular complexity index is 428. The van der Waals surface area contributed by atoms with Crippen LogP contribution in [0.4, 0.5) is 0 Å². The third-order valence-corrected chi connectivity index (χ3v) is 3.30. The summed E-state index contributed by atoms with van der Waals surface area (Å²) < 4.78 is 7.41. The van der Waals surface area contributed by atoms with E-state index in [2.05, 4.69) is 40.8 Å². The van der Waals surface area contributed by atoms with Crippen molar-refractivity contribution in [3.63, 3.8) is 0 Å². The molecule has 0 bridgehead atoms. The van der Waals surface area contributed by atoms with Crippen molar-refractivity contribution < 1.29 is 4.74 Å². The molecule has 1 aromatic heterocycles. The van der Waals surface area contributed by atoms with Gasteiger partial charge in [0.05, 0.1) is 12.8 Å². The molecular weight excluding hydrogens is 278 g/mol. The van der Waals surface area contributed by atoms with Crippen molar-refractivity contribution >= 4 is 5.96 Å². The number of rotatable bonds is 10. The SMILES string of the molecule is CN=C(NCCCc1cnn(C)c1)NCCOCCC(C)C. The molecule has 0 aliphatic rings. The summed E-state index contributed by atoms with van der Waals surface area (Å²) in [5, 5.41) is 10.7. The molecule has 1 aromatic rings. The average Bonchev–Trinajstić information content (AvgIpc) is 2.90. The van der Waals surface area contributed by atoms with Gasteiger partial charge in [0, 0.05) is 40.0 Å². The Morgan fingerprint density at radius 3 is 2.73 bits per heavy atom. The van der Waals surface area contributed by atoms with Gasteiger partial charge in [0.1, 0.15) is 0 Å². The van der Waals surface area contributed by atoms with E-state index in [1.54, 1.807) is 7.05 Å². The van der Waals surface area contributed by atoms with Gasteiger partial charge in [-0.3, -0.25) is 9.67 Å². The van der Waals surface area contributed by atoms with E-state index in [4.69, 9.17) is 4.74 Å². The average molecular weight is 309 g/mol. The molecule has 0 saturated carbocycles. The van der Waals surface area contributed by atoms with Gasteiger partial charge in [-0.1, -0.05) is 13.8 Å². The molecule has 0 radical (unpaired) electrons. The molecule has 0 saturated heterocycles. The van der Waals surface area contributed by atoms with Gasteiger partial charge >= 0.3 is 0 Å². The molecule has 0 aliphatic heterocycles. The highest BCUT2D eigenvalue weighted by Gasteiger charge is 1.99. The number of aliphatic imine (C=N–C) groups is 1. The minimum absolute atomic E-state index is 0.696. The lowest BCUT2D eigenvalue weighted by Crippen LogP contribution is -2.39. The highest BCUT2D eigenvalue weighted by molar-refractivity contribution is 5.79. The summed E-state index contributed by atoms with van der Waals surface area (Å²) in [4.78, 5) is 4.21. The molecule has 0 aliphatic carbocycles. The van der Waals surface area contributed by atoms with Crippen LogP contribution in [0.5, 0.6) is 0 Å². The summed E-state index contributed by atoms with van der Waals surface area (Å²) in [5.41, 5.74) is 1.27. The van der Waals surface area contributed by atoms with E-state index in [-0.39, 0.29) is 0 Å². The highest BCUT2D eigenvalue weighted by Crippen LogP contribution is 2.00. The monoisotopic (exact) mass is 309 g/mol. The second-order valence-corrected chi connectivity index (χ2v) is 5.85. The molecule has 6 heteroatoms. The van der Waals surface area contributed by atoms with E-state index in [9.17, 15) is 0 Å². The molecule has 126 valence electrons. The second kappa shape index (κ2) is 11.1. The number of hydrogen-bond donors (Lipinski definition) is 2. The fourth-order valence-electron chi connectivity index (χ4n) is 1.98. The third-order valence-electron chi connectivity index (χ3n) is 3.30. The number of hydrogen-bond acceptors (Lipinski definition) is 3. The maximum absolute atomic E-state index is 5.57. The predicted molar refractivity (Wildman–Crippen MR) is 91.2 cm³/mol.